The third-order valence-corrected chi connectivity index (χ3v) is 3.66. The van der Waals surface area contributed by atoms with Gasteiger partial charge in [-0.25, -0.2) is 0 Å². The first-order valence-corrected chi connectivity index (χ1v) is 7.63. The standard InChI is InChI=1S/C16H27N3O/c1-13(2)9-18-11-14-10-17-7-6-16(14)19(3)12-15-5-4-8-20-15/h6-7,10,13,15,18H,4-5,8-9,11-12H2,1-3H3. The smallest absolute Gasteiger partial charge is 0.0750 e. The molecule has 1 saturated heterocycles. The van der Waals surface area contributed by atoms with Crippen molar-refractivity contribution in [2.24, 2.45) is 5.92 Å². The molecule has 1 N–H and O–H groups in total. The van der Waals surface area contributed by atoms with Gasteiger partial charge in [0.05, 0.1) is 6.10 Å². The Hall–Kier alpha value is -1.13. The molecule has 1 aliphatic heterocycles. The van der Waals surface area contributed by atoms with Gasteiger partial charge in [-0.15, -0.1) is 0 Å². The molecule has 112 valence electrons. The van der Waals surface area contributed by atoms with Gasteiger partial charge in [0.15, 0.2) is 0 Å². The maximum atomic E-state index is 5.72. The van der Waals surface area contributed by atoms with E-state index in [0.29, 0.717) is 12.0 Å². The van der Waals surface area contributed by atoms with Gasteiger partial charge < -0.3 is 15.0 Å². The molecule has 1 atom stereocenters. The lowest BCUT2D eigenvalue weighted by Crippen LogP contribution is -2.30. The summed E-state index contributed by atoms with van der Waals surface area (Å²) in [6.07, 6.45) is 6.58. The lowest BCUT2D eigenvalue weighted by atomic mass is 10.1. The average Bonchev–Trinajstić information content (AvgIpc) is 2.91. The third kappa shape index (κ3) is 4.46. The Morgan fingerprint density at radius 3 is 3.05 bits per heavy atom. The van der Waals surface area contributed by atoms with Crippen molar-refractivity contribution in [3.05, 3.63) is 24.0 Å². The molecular formula is C16H27N3O. The first kappa shape index (κ1) is 15.3. The Balaban J connectivity index is 1.94. The highest BCUT2D eigenvalue weighted by atomic mass is 16.5. The van der Waals surface area contributed by atoms with Gasteiger partial charge in [0.25, 0.3) is 0 Å². The second kappa shape index (κ2) is 7.60. The summed E-state index contributed by atoms with van der Waals surface area (Å²) in [6.45, 7) is 8.22. The van der Waals surface area contributed by atoms with E-state index >= 15 is 0 Å². The Kier molecular flexibility index (Phi) is 5.80. The second-order valence-electron chi connectivity index (χ2n) is 6.04. The minimum absolute atomic E-state index is 0.379. The number of pyridine rings is 1. The van der Waals surface area contributed by atoms with E-state index in [9.17, 15) is 0 Å². The van der Waals surface area contributed by atoms with Crippen LogP contribution in [-0.2, 0) is 11.3 Å². The van der Waals surface area contributed by atoms with Crippen molar-refractivity contribution < 1.29 is 4.74 Å². The first-order valence-electron chi connectivity index (χ1n) is 7.63. The van der Waals surface area contributed by atoms with Crippen LogP contribution in [0.1, 0.15) is 32.3 Å². The molecule has 0 aliphatic carbocycles. The number of nitrogens with zero attached hydrogens (tertiary/aromatic N) is 2. The van der Waals surface area contributed by atoms with E-state index in [1.165, 1.54) is 24.1 Å². The van der Waals surface area contributed by atoms with Crippen LogP contribution < -0.4 is 10.2 Å². The summed E-state index contributed by atoms with van der Waals surface area (Å²) in [4.78, 5) is 6.56. The highest BCUT2D eigenvalue weighted by molar-refractivity contribution is 5.51. The van der Waals surface area contributed by atoms with Crippen LogP contribution in [0.25, 0.3) is 0 Å². The molecule has 20 heavy (non-hydrogen) atoms. The molecule has 0 spiro atoms. The topological polar surface area (TPSA) is 37.4 Å². The Morgan fingerprint density at radius 2 is 2.35 bits per heavy atom. The van der Waals surface area contributed by atoms with Crippen LogP contribution in [0.3, 0.4) is 0 Å². The van der Waals surface area contributed by atoms with E-state index in [0.717, 1.165) is 26.2 Å². The summed E-state index contributed by atoms with van der Waals surface area (Å²) in [5.74, 6) is 0.666. The number of likely N-dealkylation sites (N-methyl/N-ethyl adjacent to an activating group) is 1. The van der Waals surface area contributed by atoms with Crippen LogP contribution in [0.4, 0.5) is 5.69 Å². The molecule has 0 amide bonds. The Morgan fingerprint density at radius 1 is 1.50 bits per heavy atom. The maximum absolute atomic E-state index is 5.72. The van der Waals surface area contributed by atoms with Crippen LogP contribution >= 0.6 is 0 Å². The van der Waals surface area contributed by atoms with Gasteiger partial charge in [0.1, 0.15) is 0 Å². The lowest BCUT2D eigenvalue weighted by molar-refractivity contribution is 0.116. The van der Waals surface area contributed by atoms with E-state index < -0.39 is 0 Å². The zero-order valence-corrected chi connectivity index (χ0v) is 12.9. The molecule has 0 aromatic carbocycles. The molecule has 0 saturated carbocycles. The monoisotopic (exact) mass is 277 g/mol. The summed E-state index contributed by atoms with van der Waals surface area (Å²) in [7, 11) is 2.14. The highest BCUT2D eigenvalue weighted by Gasteiger charge is 2.18. The van der Waals surface area contributed by atoms with Crippen LogP contribution in [0.5, 0.6) is 0 Å². The molecule has 4 heteroatoms. The maximum Gasteiger partial charge on any atom is 0.0750 e. The highest BCUT2D eigenvalue weighted by Crippen LogP contribution is 2.21. The normalized spacial score (nSPS) is 18.7. The number of hydrogen-bond acceptors (Lipinski definition) is 4. The SMILES string of the molecule is CC(C)CNCc1cnccc1N(C)CC1CCCO1. The molecule has 0 radical (unpaired) electrons. The molecule has 2 rings (SSSR count). The molecule has 1 unspecified atom stereocenters. The molecule has 1 aliphatic rings. The molecule has 1 aromatic heterocycles. The minimum Gasteiger partial charge on any atom is -0.376 e. The van der Waals surface area contributed by atoms with Crippen molar-refractivity contribution in [3.8, 4) is 0 Å². The van der Waals surface area contributed by atoms with Gasteiger partial charge >= 0.3 is 0 Å². The fraction of sp³-hybridized carbons (Fsp3) is 0.688. The number of nitrogens with one attached hydrogen (secondary N) is 1. The first-order chi connectivity index (χ1) is 9.66. The minimum atomic E-state index is 0.379. The predicted octanol–water partition coefficient (Wildman–Crippen LogP) is 2.44. The van der Waals surface area contributed by atoms with Crippen LogP contribution in [-0.4, -0.2) is 37.8 Å². The van der Waals surface area contributed by atoms with E-state index in [1.807, 2.05) is 12.4 Å². The van der Waals surface area contributed by atoms with Crippen LogP contribution in [0.2, 0.25) is 0 Å². The second-order valence-corrected chi connectivity index (χ2v) is 6.04. The van der Waals surface area contributed by atoms with Gasteiger partial charge in [-0.3, -0.25) is 4.98 Å². The van der Waals surface area contributed by atoms with E-state index in [4.69, 9.17) is 4.74 Å². The predicted molar refractivity (Wildman–Crippen MR) is 83.0 cm³/mol. The number of hydrogen-bond donors (Lipinski definition) is 1. The summed E-state index contributed by atoms with van der Waals surface area (Å²) in [5, 5.41) is 3.49. The third-order valence-electron chi connectivity index (χ3n) is 3.66. The molecular weight excluding hydrogens is 250 g/mol. The zero-order chi connectivity index (χ0) is 14.4. The van der Waals surface area contributed by atoms with Gasteiger partial charge in [0.2, 0.25) is 0 Å². The quantitative estimate of drug-likeness (QED) is 0.830. The van der Waals surface area contributed by atoms with Crippen molar-refractivity contribution >= 4 is 5.69 Å². The fourth-order valence-electron chi connectivity index (χ4n) is 2.62. The van der Waals surface area contributed by atoms with E-state index in [2.05, 4.69) is 42.2 Å². The van der Waals surface area contributed by atoms with Crippen molar-refractivity contribution in [3.63, 3.8) is 0 Å². The average molecular weight is 277 g/mol. The van der Waals surface area contributed by atoms with Crippen molar-refractivity contribution in [2.45, 2.75) is 39.3 Å². The Bertz CT molecular complexity index is 402. The fourth-order valence-corrected chi connectivity index (χ4v) is 2.62. The van der Waals surface area contributed by atoms with Gasteiger partial charge in [-0.1, -0.05) is 13.8 Å². The van der Waals surface area contributed by atoms with Gasteiger partial charge in [-0.05, 0) is 31.4 Å². The van der Waals surface area contributed by atoms with Crippen LogP contribution in [0.15, 0.2) is 18.5 Å². The van der Waals surface area contributed by atoms with Gasteiger partial charge in [0, 0.05) is 50.4 Å². The summed E-state index contributed by atoms with van der Waals surface area (Å²) in [6, 6.07) is 2.10. The summed E-state index contributed by atoms with van der Waals surface area (Å²) >= 11 is 0. The number of anilines is 1. The van der Waals surface area contributed by atoms with Gasteiger partial charge in [-0.2, -0.15) is 0 Å². The van der Waals surface area contributed by atoms with Crippen molar-refractivity contribution in [1.82, 2.24) is 10.3 Å². The summed E-state index contributed by atoms with van der Waals surface area (Å²) < 4.78 is 5.72. The number of rotatable bonds is 7. The van der Waals surface area contributed by atoms with Crippen molar-refractivity contribution in [1.29, 1.82) is 0 Å². The largest absolute Gasteiger partial charge is 0.376 e. The zero-order valence-electron chi connectivity index (χ0n) is 12.9. The van der Waals surface area contributed by atoms with E-state index in [1.54, 1.807) is 0 Å². The van der Waals surface area contributed by atoms with Crippen LogP contribution in [0, 0.1) is 5.92 Å². The molecule has 1 fully saturated rings. The number of aromatic nitrogens is 1. The summed E-state index contributed by atoms with van der Waals surface area (Å²) in [5.41, 5.74) is 2.51. The molecule has 2 heterocycles. The molecule has 1 aromatic rings. The lowest BCUT2D eigenvalue weighted by Gasteiger charge is -2.25. The van der Waals surface area contributed by atoms with E-state index in [-0.39, 0.29) is 0 Å². The number of ether oxygens (including phenoxy) is 1. The molecule has 0 bridgehead atoms. The van der Waals surface area contributed by atoms with Crippen molar-refractivity contribution in [2.75, 3.05) is 31.6 Å². The Labute approximate surface area is 122 Å². The molecule has 4 nitrogen and oxygen atoms in total.